The van der Waals surface area contributed by atoms with E-state index in [1.165, 1.54) is 12.1 Å². The molecule has 0 radical (unpaired) electrons. The molecule has 3 N–H and O–H groups in total. The number of rotatable bonds is 2. The number of halogens is 3. The Balaban J connectivity index is 2.30. The predicted molar refractivity (Wildman–Crippen MR) is 77.6 cm³/mol. The third-order valence-corrected chi connectivity index (χ3v) is 3.31. The fraction of sp³-hybridized carbons (Fsp3) is 0.0714. The molecule has 104 valence electrons. The van der Waals surface area contributed by atoms with E-state index in [1.807, 2.05) is 0 Å². The maximum absolute atomic E-state index is 13.5. The molecule has 2 aromatic carbocycles. The Kier molecular flexibility index (Phi) is 4.04. The summed E-state index contributed by atoms with van der Waals surface area (Å²) >= 11 is 3.06. The van der Waals surface area contributed by atoms with Gasteiger partial charge in [0.15, 0.2) is 0 Å². The van der Waals surface area contributed by atoms with Crippen molar-refractivity contribution < 1.29 is 13.6 Å². The molecular formula is C14H11BrF2N2O. The number of nitrogen functional groups attached to an aromatic ring is 1. The first kappa shape index (κ1) is 14.5. The van der Waals surface area contributed by atoms with Crippen LogP contribution in [0.5, 0.6) is 0 Å². The number of carbonyl (C=O) groups is 1. The molecule has 2 aromatic rings. The van der Waals surface area contributed by atoms with Gasteiger partial charge in [0.2, 0.25) is 0 Å². The Morgan fingerprint density at radius 2 is 1.90 bits per heavy atom. The van der Waals surface area contributed by atoms with E-state index >= 15 is 0 Å². The smallest absolute Gasteiger partial charge is 0.255 e. The molecule has 3 nitrogen and oxygen atoms in total. The number of amides is 1. The van der Waals surface area contributed by atoms with Crippen LogP contribution in [0.3, 0.4) is 0 Å². The molecule has 0 fully saturated rings. The average Bonchev–Trinajstić information content (AvgIpc) is 2.34. The Morgan fingerprint density at radius 3 is 2.55 bits per heavy atom. The predicted octanol–water partition coefficient (Wildman–Crippen LogP) is 3.87. The van der Waals surface area contributed by atoms with Crippen molar-refractivity contribution in [1.82, 2.24) is 0 Å². The quantitative estimate of drug-likeness (QED) is 0.815. The van der Waals surface area contributed by atoms with Gasteiger partial charge in [-0.05, 0) is 58.7 Å². The minimum absolute atomic E-state index is 0.0743. The van der Waals surface area contributed by atoms with Gasteiger partial charge >= 0.3 is 0 Å². The van der Waals surface area contributed by atoms with Crippen molar-refractivity contribution in [2.24, 2.45) is 0 Å². The molecule has 0 atom stereocenters. The number of aryl methyl sites for hydroxylation is 1. The molecule has 6 heteroatoms. The highest BCUT2D eigenvalue weighted by Gasteiger charge is 2.12. The van der Waals surface area contributed by atoms with E-state index in [0.717, 1.165) is 12.1 Å². The van der Waals surface area contributed by atoms with E-state index in [2.05, 4.69) is 21.2 Å². The third kappa shape index (κ3) is 3.14. The summed E-state index contributed by atoms with van der Waals surface area (Å²) in [7, 11) is 0. The zero-order chi connectivity index (χ0) is 14.9. The molecule has 1 amide bonds. The number of benzene rings is 2. The van der Waals surface area contributed by atoms with Gasteiger partial charge in [-0.3, -0.25) is 4.79 Å². The van der Waals surface area contributed by atoms with Gasteiger partial charge in [-0.25, -0.2) is 8.78 Å². The highest BCUT2D eigenvalue weighted by Crippen LogP contribution is 2.24. The second-order valence-corrected chi connectivity index (χ2v) is 5.16. The molecule has 0 spiro atoms. The van der Waals surface area contributed by atoms with E-state index in [-0.39, 0.29) is 11.3 Å². The van der Waals surface area contributed by atoms with Crippen LogP contribution in [0.4, 0.5) is 20.2 Å². The van der Waals surface area contributed by atoms with Crippen molar-refractivity contribution in [2.45, 2.75) is 6.92 Å². The van der Waals surface area contributed by atoms with Gasteiger partial charge in [0, 0.05) is 16.9 Å². The summed E-state index contributed by atoms with van der Waals surface area (Å²) in [5.74, 6) is -1.65. The van der Waals surface area contributed by atoms with E-state index in [1.54, 1.807) is 13.0 Å². The van der Waals surface area contributed by atoms with Crippen LogP contribution in [-0.2, 0) is 0 Å². The van der Waals surface area contributed by atoms with E-state index in [0.29, 0.717) is 15.7 Å². The molecule has 0 aromatic heterocycles. The number of hydrogen-bond donors (Lipinski definition) is 2. The summed E-state index contributed by atoms with van der Waals surface area (Å²) in [6.07, 6.45) is 0. The second-order valence-electron chi connectivity index (χ2n) is 4.31. The molecular weight excluding hydrogens is 330 g/mol. The maximum Gasteiger partial charge on any atom is 0.255 e. The topological polar surface area (TPSA) is 55.1 Å². The number of nitrogens with one attached hydrogen (secondary N) is 1. The Hall–Kier alpha value is -1.95. The van der Waals surface area contributed by atoms with Crippen LogP contribution in [0.1, 0.15) is 15.9 Å². The van der Waals surface area contributed by atoms with E-state index in [9.17, 15) is 13.6 Å². The zero-order valence-electron chi connectivity index (χ0n) is 10.5. The van der Waals surface area contributed by atoms with Gasteiger partial charge in [0.25, 0.3) is 5.91 Å². The van der Waals surface area contributed by atoms with Crippen LogP contribution < -0.4 is 11.1 Å². The van der Waals surface area contributed by atoms with Gasteiger partial charge in [0.05, 0.1) is 4.47 Å². The van der Waals surface area contributed by atoms with Gasteiger partial charge in [-0.2, -0.15) is 0 Å². The van der Waals surface area contributed by atoms with Crippen LogP contribution in [0, 0.1) is 18.6 Å². The second kappa shape index (κ2) is 5.58. The highest BCUT2D eigenvalue weighted by atomic mass is 79.9. The Bertz CT molecular complexity index is 669. The lowest BCUT2D eigenvalue weighted by atomic mass is 10.1. The number of carbonyl (C=O) groups excluding carboxylic acids is 1. The van der Waals surface area contributed by atoms with Crippen molar-refractivity contribution in [3.8, 4) is 0 Å². The highest BCUT2D eigenvalue weighted by molar-refractivity contribution is 9.10. The lowest BCUT2D eigenvalue weighted by Crippen LogP contribution is -2.13. The van der Waals surface area contributed by atoms with Crippen LogP contribution in [-0.4, -0.2) is 5.91 Å². The fourth-order valence-corrected chi connectivity index (χ4v) is 2.18. The molecule has 20 heavy (non-hydrogen) atoms. The molecule has 0 unspecified atom stereocenters. The normalized spacial score (nSPS) is 10.4. The number of anilines is 2. The molecule has 0 heterocycles. The van der Waals surface area contributed by atoms with Crippen LogP contribution in [0.25, 0.3) is 0 Å². The largest absolute Gasteiger partial charge is 0.399 e. The molecule has 2 rings (SSSR count). The monoisotopic (exact) mass is 340 g/mol. The number of hydrogen-bond acceptors (Lipinski definition) is 2. The first-order valence-electron chi connectivity index (χ1n) is 5.70. The van der Waals surface area contributed by atoms with Crippen molar-refractivity contribution in [1.29, 1.82) is 0 Å². The fourth-order valence-electron chi connectivity index (χ4n) is 1.72. The summed E-state index contributed by atoms with van der Waals surface area (Å²) < 4.78 is 27.0. The first-order chi connectivity index (χ1) is 9.36. The summed E-state index contributed by atoms with van der Waals surface area (Å²) in [5, 5.41) is 2.53. The van der Waals surface area contributed by atoms with Crippen molar-refractivity contribution in [3.63, 3.8) is 0 Å². The molecule has 0 bridgehead atoms. The third-order valence-electron chi connectivity index (χ3n) is 2.70. The zero-order valence-corrected chi connectivity index (χ0v) is 12.1. The molecule has 0 aliphatic rings. The number of nitrogens with two attached hydrogens (primary N) is 1. The van der Waals surface area contributed by atoms with Gasteiger partial charge in [-0.1, -0.05) is 0 Å². The van der Waals surface area contributed by atoms with E-state index in [4.69, 9.17) is 5.73 Å². The molecule has 0 saturated carbocycles. The van der Waals surface area contributed by atoms with E-state index < -0.39 is 17.5 Å². The minimum atomic E-state index is -0.603. The summed E-state index contributed by atoms with van der Waals surface area (Å²) in [4.78, 5) is 12.0. The molecule has 0 aliphatic heterocycles. The maximum atomic E-state index is 13.5. The lowest BCUT2D eigenvalue weighted by Gasteiger charge is -2.10. The van der Waals surface area contributed by atoms with Crippen molar-refractivity contribution in [3.05, 3.63) is 57.6 Å². The Morgan fingerprint density at radius 1 is 1.20 bits per heavy atom. The standard InChI is InChI=1S/C14H11BrF2N2O/c1-7-2-11(15)12(17)6-13(7)19-14(20)8-3-9(16)5-10(18)4-8/h2-6H,18H2,1H3,(H,19,20). The van der Waals surface area contributed by atoms with Gasteiger partial charge in [0.1, 0.15) is 11.6 Å². The van der Waals surface area contributed by atoms with Crippen LogP contribution >= 0.6 is 15.9 Å². The van der Waals surface area contributed by atoms with Crippen LogP contribution in [0.2, 0.25) is 0 Å². The first-order valence-corrected chi connectivity index (χ1v) is 6.49. The minimum Gasteiger partial charge on any atom is -0.399 e. The molecule has 0 aliphatic carbocycles. The van der Waals surface area contributed by atoms with Crippen molar-refractivity contribution in [2.75, 3.05) is 11.1 Å². The lowest BCUT2D eigenvalue weighted by molar-refractivity contribution is 0.102. The Labute approximate surface area is 122 Å². The van der Waals surface area contributed by atoms with Gasteiger partial charge < -0.3 is 11.1 Å². The SMILES string of the molecule is Cc1cc(Br)c(F)cc1NC(=O)c1cc(N)cc(F)c1. The van der Waals surface area contributed by atoms with Crippen molar-refractivity contribution >= 4 is 33.2 Å². The average molecular weight is 341 g/mol. The summed E-state index contributed by atoms with van der Waals surface area (Å²) in [6.45, 7) is 1.72. The summed E-state index contributed by atoms with van der Waals surface area (Å²) in [5.41, 5.74) is 6.69. The van der Waals surface area contributed by atoms with Gasteiger partial charge in [-0.15, -0.1) is 0 Å². The summed E-state index contributed by atoms with van der Waals surface area (Å²) in [6, 6.07) is 6.27. The molecule has 0 saturated heterocycles. The van der Waals surface area contributed by atoms with Crippen LogP contribution in [0.15, 0.2) is 34.8 Å².